The molecule has 0 aromatic heterocycles. The molecule has 0 aromatic carbocycles. The summed E-state index contributed by atoms with van der Waals surface area (Å²) in [6.45, 7) is 8.31. The summed E-state index contributed by atoms with van der Waals surface area (Å²) in [5.74, 6) is 1.70. The van der Waals surface area contributed by atoms with Gasteiger partial charge in [-0.2, -0.15) is 0 Å². The van der Waals surface area contributed by atoms with E-state index in [4.69, 9.17) is 4.74 Å². The third-order valence-corrected chi connectivity index (χ3v) is 2.30. The molecule has 1 rings (SSSR count). The van der Waals surface area contributed by atoms with Crippen LogP contribution in [0.25, 0.3) is 0 Å². The van der Waals surface area contributed by atoms with Crippen LogP contribution in [0.5, 0.6) is 0 Å². The minimum atomic E-state index is 0.659. The van der Waals surface area contributed by atoms with E-state index in [2.05, 4.69) is 19.2 Å². The van der Waals surface area contributed by atoms with Crippen molar-refractivity contribution in [1.82, 2.24) is 5.32 Å². The number of hydrogen-bond acceptors (Lipinski definition) is 2. The van der Waals surface area contributed by atoms with Gasteiger partial charge in [0.1, 0.15) is 0 Å². The van der Waals surface area contributed by atoms with Crippen molar-refractivity contribution in [3.05, 3.63) is 0 Å². The Morgan fingerprint density at radius 1 is 1.31 bits per heavy atom. The van der Waals surface area contributed by atoms with Crippen LogP contribution in [0.1, 0.15) is 33.1 Å². The second kappa shape index (κ2) is 6.39. The van der Waals surface area contributed by atoms with Crippen molar-refractivity contribution in [2.75, 3.05) is 26.3 Å². The van der Waals surface area contributed by atoms with Crippen LogP contribution in [-0.4, -0.2) is 26.3 Å². The Morgan fingerprint density at radius 2 is 2.08 bits per heavy atom. The number of nitrogens with one attached hydrogen (secondary N) is 1. The standard InChI is InChI=1S/C11H23NO/c1-10(2)9-13-8-7-12-6-5-11-3-4-11/h10-12H,3-9H2,1-2H3. The van der Waals surface area contributed by atoms with Crippen molar-refractivity contribution in [3.8, 4) is 0 Å². The van der Waals surface area contributed by atoms with E-state index in [9.17, 15) is 0 Å². The zero-order valence-corrected chi connectivity index (χ0v) is 9.01. The van der Waals surface area contributed by atoms with Gasteiger partial charge in [-0.3, -0.25) is 0 Å². The van der Waals surface area contributed by atoms with E-state index in [1.807, 2.05) is 0 Å². The summed E-state index contributed by atoms with van der Waals surface area (Å²) in [6, 6.07) is 0. The zero-order valence-electron chi connectivity index (χ0n) is 9.01. The monoisotopic (exact) mass is 185 g/mol. The summed E-state index contributed by atoms with van der Waals surface area (Å²) >= 11 is 0. The molecule has 78 valence electrons. The lowest BCUT2D eigenvalue weighted by Crippen LogP contribution is -2.22. The predicted molar refractivity (Wildman–Crippen MR) is 55.9 cm³/mol. The summed E-state index contributed by atoms with van der Waals surface area (Å²) in [4.78, 5) is 0. The van der Waals surface area contributed by atoms with Crippen LogP contribution in [-0.2, 0) is 4.74 Å². The van der Waals surface area contributed by atoms with Crippen LogP contribution in [0.15, 0.2) is 0 Å². The van der Waals surface area contributed by atoms with Gasteiger partial charge in [-0.05, 0) is 24.8 Å². The molecule has 0 spiro atoms. The van der Waals surface area contributed by atoms with Gasteiger partial charge in [-0.1, -0.05) is 26.7 Å². The first kappa shape index (κ1) is 11.0. The maximum Gasteiger partial charge on any atom is 0.0591 e. The van der Waals surface area contributed by atoms with Crippen molar-refractivity contribution in [3.63, 3.8) is 0 Å². The Balaban J connectivity index is 1.68. The molecule has 13 heavy (non-hydrogen) atoms. The van der Waals surface area contributed by atoms with Crippen molar-refractivity contribution in [2.24, 2.45) is 11.8 Å². The average Bonchev–Trinajstić information content (AvgIpc) is 2.86. The lowest BCUT2D eigenvalue weighted by Gasteiger charge is -2.07. The normalized spacial score (nSPS) is 16.8. The summed E-state index contributed by atoms with van der Waals surface area (Å²) in [7, 11) is 0. The van der Waals surface area contributed by atoms with Crippen LogP contribution in [0.2, 0.25) is 0 Å². The Kier molecular flexibility index (Phi) is 5.40. The van der Waals surface area contributed by atoms with E-state index in [1.54, 1.807) is 0 Å². The van der Waals surface area contributed by atoms with E-state index in [0.29, 0.717) is 5.92 Å². The SMILES string of the molecule is CC(C)COCCNCCC1CC1. The molecule has 1 N–H and O–H groups in total. The minimum Gasteiger partial charge on any atom is -0.380 e. The van der Waals surface area contributed by atoms with Crippen molar-refractivity contribution >= 4 is 0 Å². The smallest absolute Gasteiger partial charge is 0.0591 e. The highest BCUT2D eigenvalue weighted by Crippen LogP contribution is 2.31. The Hall–Kier alpha value is -0.0800. The summed E-state index contributed by atoms with van der Waals surface area (Å²) in [6.07, 6.45) is 4.29. The highest BCUT2D eigenvalue weighted by Gasteiger charge is 2.19. The highest BCUT2D eigenvalue weighted by atomic mass is 16.5. The molecule has 0 radical (unpaired) electrons. The van der Waals surface area contributed by atoms with E-state index in [1.165, 1.54) is 25.8 Å². The van der Waals surface area contributed by atoms with Gasteiger partial charge in [0.2, 0.25) is 0 Å². The fraction of sp³-hybridized carbons (Fsp3) is 1.00. The molecule has 1 aliphatic carbocycles. The first-order chi connectivity index (χ1) is 6.29. The molecule has 1 saturated carbocycles. The van der Waals surface area contributed by atoms with Crippen molar-refractivity contribution < 1.29 is 4.74 Å². The molecular weight excluding hydrogens is 162 g/mol. The Labute approximate surface area is 82.0 Å². The molecule has 0 atom stereocenters. The van der Waals surface area contributed by atoms with E-state index < -0.39 is 0 Å². The number of ether oxygens (including phenoxy) is 1. The fourth-order valence-corrected chi connectivity index (χ4v) is 1.30. The van der Waals surface area contributed by atoms with Crippen molar-refractivity contribution in [2.45, 2.75) is 33.1 Å². The van der Waals surface area contributed by atoms with Gasteiger partial charge in [0.25, 0.3) is 0 Å². The van der Waals surface area contributed by atoms with E-state index in [-0.39, 0.29) is 0 Å². The molecule has 2 nitrogen and oxygen atoms in total. The molecule has 0 saturated heterocycles. The van der Waals surface area contributed by atoms with E-state index in [0.717, 1.165) is 25.7 Å². The molecule has 0 bridgehead atoms. The second-order valence-corrected chi connectivity index (χ2v) is 4.45. The van der Waals surface area contributed by atoms with Gasteiger partial charge in [0.05, 0.1) is 6.61 Å². The predicted octanol–water partition coefficient (Wildman–Crippen LogP) is 2.05. The van der Waals surface area contributed by atoms with Gasteiger partial charge in [0.15, 0.2) is 0 Å². The van der Waals surface area contributed by atoms with Crippen LogP contribution in [0.3, 0.4) is 0 Å². The third-order valence-electron chi connectivity index (χ3n) is 2.30. The van der Waals surface area contributed by atoms with Crippen LogP contribution < -0.4 is 5.32 Å². The van der Waals surface area contributed by atoms with Crippen molar-refractivity contribution in [1.29, 1.82) is 0 Å². The third kappa shape index (κ3) is 7.03. The van der Waals surface area contributed by atoms with Gasteiger partial charge >= 0.3 is 0 Å². The highest BCUT2D eigenvalue weighted by molar-refractivity contribution is 4.73. The average molecular weight is 185 g/mol. The number of rotatable bonds is 8. The number of hydrogen-bond donors (Lipinski definition) is 1. The quantitative estimate of drug-likeness (QED) is 0.584. The zero-order chi connectivity index (χ0) is 9.52. The van der Waals surface area contributed by atoms with Gasteiger partial charge in [-0.15, -0.1) is 0 Å². The molecule has 1 fully saturated rings. The van der Waals surface area contributed by atoms with E-state index >= 15 is 0 Å². The maximum absolute atomic E-state index is 5.46. The Bertz CT molecular complexity index is 115. The molecule has 0 aromatic rings. The first-order valence-corrected chi connectivity index (χ1v) is 5.57. The summed E-state index contributed by atoms with van der Waals surface area (Å²) in [5, 5.41) is 3.41. The van der Waals surface area contributed by atoms with Crippen LogP contribution in [0.4, 0.5) is 0 Å². The molecule has 2 heteroatoms. The molecule has 0 heterocycles. The maximum atomic E-state index is 5.46. The summed E-state index contributed by atoms with van der Waals surface area (Å²) < 4.78 is 5.46. The molecule has 0 unspecified atom stereocenters. The molecule has 0 amide bonds. The summed E-state index contributed by atoms with van der Waals surface area (Å²) in [5.41, 5.74) is 0. The second-order valence-electron chi connectivity index (χ2n) is 4.45. The first-order valence-electron chi connectivity index (χ1n) is 5.57. The minimum absolute atomic E-state index is 0.659. The molecule has 0 aliphatic heterocycles. The topological polar surface area (TPSA) is 21.3 Å². The van der Waals surface area contributed by atoms with Crippen LogP contribution >= 0.6 is 0 Å². The fourth-order valence-electron chi connectivity index (χ4n) is 1.30. The molecule has 1 aliphatic rings. The van der Waals surface area contributed by atoms with Crippen LogP contribution in [0, 0.1) is 11.8 Å². The largest absolute Gasteiger partial charge is 0.380 e. The van der Waals surface area contributed by atoms with Gasteiger partial charge < -0.3 is 10.1 Å². The molecular formula is C11H23NO. The Morgan fingerprint density at radius 3 is 2.69 bits per heavy atom. The van der Waals surface area contributed by atoms with Gasteiger partial charge in [-0.25, -0.2) is 0 Å². The lowest BCUT2D eigenvalue weighted by atomic mass is 10.2. The lowest BCUT2D eigenvalue weighted by molar-refractivity contribution is 0.112. The van der Waals surface area contributed by atoms with Gasteiger partial charge in [0, 0.05) is 13.2 Å².